The summed E-state index contributed by atoms with van der Waals surface area (Å²) in [6.45, 7) is 0.465. The molecular weight excluding hydrogens is 360 g/mol. The summed E-state index contributed by atoms with van der Waals surface area (Å²) < 4.78 is 11.4. The van der Waals surface area contributed by atoms with E-state index in [-0.39, 0.29) is 5.57 Å². The second-order valence-corrected chi connectivity index (χ2v) is 6.75. The lowest BCUT2D eigenvalue weighted by molar-refractivity contribution is -0.130. The molecule has 4 nitrogen and oxygen atoms in total. The average Bonchev–Trinajstić information content (AvgIpc) is 3.21. The van der Waals surface area contributed by atoms with Crippen molar-refractivity contribution in [3.63, 3.8) is 0 Å². The highest BCUT2D eigenvalue weighted by molar-refractivity contribution is 7.11. The number of thiophene rings is 1. The topological polar surface area (TPSA) is 55.8 Å². The molecule has 0 spiro atoms. The van der Waals surface area contributed by atoms with E-state index in [0.717, 1.165) is 6.42 Å². The maximum atomic E-state index is 11.7. The fraction of sp³-hybridized carbons (Fsp3) is 0.136. The maximum Gasteiger partial charge on any atom is 0.337 e. The van der Waals surface area contributed by atoms with Crippen LogP contribution in [0.5, 0.6) is 11.5 Å². The molecule has 0 saturated carbocycles. The zero-order chi connectivity index (χ0) is 19.1. The van der Waals surface area contributed by atoms with Gasteiger partial charge in [0.15, 0.2) is 11.5 Å². The second kappa shape index (κ2) is 9.05. The lowest BCUT2D eigenvalue weighted by Crippen LogP contribution is -2.04. The number of aliphatic carboxylic acids is 1. The Morgan fingerprint density at radius 1 is 1.07 bits per heavy atom. The Kier molecular flexibility index (Phi) is 6.28. The third kappa shape index (κ3) is 4.77. The van der Waals surface area contributed by atoms with E-state index in [1.807, 2.05) is 53.9 Å². The Labute approximate surface area is 162 Å². The molecule has 0 fully saturated rings. The fourth-order valence-electron chi connectivity index (χ4n) is 2.70. The van der Waals surface area contributed by atoms with Gasteiger partial charge in [-0.25, -0.2) is 4.79 Å². The molecule has 0 unspecified atom stereocenters. The molecule has 0 radical (unpaired) electrons. The Morgan fingerprint density at radius 3 is 2.56 bits per heavy atom. The average molecular weight is 380 g/mol. The van der Waals surface area contributed by atoms with Crippen molar-refractivity contribution in [3.05, 3.63) is 82.0 Å². The van der Waals surface area contributed by atoms with Crippen molar-refractivity contribution in [1.82, 2.24) is 0 Å². The van der Waals surface area contributed by atoms with E-state index in [0.29, 0.717) is 28.5 Å². The molecule has 0 aliphatic rings. The third-order valence-corrected chi connectivity index (χ3v) is 4.93. The van der Waals surface area contributed by atoms with Crippen LogP contribution in [0.1, 0.15) is 16.0 Å². The summed E-state index contributed by atoms with van der Waals surface area (Å²) in [5.74, 6) is 0.148. The quantitative estimate of drug-likeness (QED) is 0.559. The van der Waals surface area contributed by atoms with Gasteiger partial charge in [0, 0.05) is 16.9 Å². The third-order valence-electron chi connectivity index (χ3n) is 4.03. The van der Waals surface area contributed by atoms with Gasteiger partial charge in [0.1, 0.15) is 0 Å². The van der Waals surface area contributed by atoms with Gasteiger partial charge in [0.2, 0.25) is 0 Å². The van der Waals surface area contributed by atoms with E-state index in [2.05, 4.69) is 0 Å². The monoisotopic (exact) mass is 380 g/mol. The number of carbonyl (C=O) groups is 1. The SMILES string of the molecule is COc1cccc(/C=C(\C(=O)O)c2cccs2)c1OCCc1ccccc1. The number of hydrogen-bond acceptors (Lipinski definition) is 4. The molecule has 2 aromatic carbocycles. The van der Waals surface area contributed by atoms with Crippen LogP contribution < -0.4 is 9.47 Å². The summed E-state index contributed by atoms with van der Waals surface area (Å²) in [6.07, 6.45) is 2.38. The normalized spacial score (nSPS) is 11.2. The van der Waals surface area contributed by atoms with Crippen LogP contribution in [0.4, 0.5) is 0 Å². The molecule has 1 heterocycles. The Morgan fingerprint density at radius 2 is 1.89 bits per heavy atom. The van der Waals surface area contributed by atoms with Crippen LogP contribution in [0.25, 0.3) is 11.6 Å². The zero-order valence-corrected chi connectivity index (χ0v) is 15.7. The van der Waals surface area contributed by atoms with Gasteiger partial charge >= 0.3 is 5.97 Å². The van der Waals surface area contributed by atoms with Crippen molar-refractivity contribution < 1.29 is 19.4 Å². The molecule has 1 N–H and O–H groups in total. The van der Waals surface area contributed by atoms with Crippen molar-refractivity contribution >= 4 is 29.0 Å². The molecule has 0 aliphatic heterocycles. The fourth-order valence-corrected chi connectivity index (χ4v) is 3.44. The van der Waals surface area contributed by atoms with Crippen LogP contribution in [0, 0.1) is 0 Å². The Balaban J connectivity index is 1.89. The molecule has 0 amide bonds. The van der Waals surface area contributed by atoms with Gasteiger partial charge in [-0.3, -0.25) is 0 Å². The van der Waals surface area contributed by atoms with Gasteiger partial charge in [-0.1, -0.05) is 48.5 Å². The smallest absolute Gasteiger partial charge is 0.337 e. The maximum absolute atomic E-state index is 11.7. The molecule has 0 saturated heterocycles. The minimum absolute atomic E-state index is 0.228. The first kappa shape index (κ1) is 18.7. The van der Waals surface area contributed by atoms with Gasteiger partial charge in [0.25, 0.3) is 0 Å². The van der Waals surface area contributed by atoms with Gasteiger partial charge in [-0.2, -0.15) is 0 Å². The molecule has 3 aromatic rings. The molecule has 0 atom stereocenters. The largest absolute Gasteiger partial charge is 0.493 e. The molecule has 0 aliphatic carbocycles. The molecule has 27 heavy (non-hydrogen) atoms. The van der Waals surface area contributed by atoms with Crippen LogP contribution in [-0.2, 0) is 11.2 Å². The van der Waals surface area contributed by atoms with Gasteiger partial charge in [0.05, 0.1) is 19.3 Å². The number of carboxylic acid groups (broad SMARTS) is 1. The predicted octanol–water partition coefficient (Wildman–Crippen LogP) is 5.00. The number of hydrogen-bond donors (Lipinski definition) is 1. The number of methoxy groups -OCH3 is 1. The molecule has 138 valence electrons. The van der Waals surface area contributed by atoms with Crippen LogP contribution >= 0.6 is 11.3 Å². The van der Waals surface area contributed by atoms with E-state index in [1.54, 1.807) is 25.3 Å². The van der Waals surface area contributed by atoms with E-state index in [4.69, 9.17) is 9.47 Å². The van der Waals surface area contributed by atoms with E-state index in [9.17, 15) is 9.90 Å². The van der Waals surface area contributed by atoms with E-state index in [1.165, 1.54) is 16.9 Å². The van der Waals surface area contributed by atoms with Crippen molar-refractivity contribution in [2.75, 3.05) is 13.7 Å². The van der Waals surface area contributed by atoms with Crippen LogP contribution in [0.2, 0.25) is 0 Å². The molecule has 3 rings (SSSR count). The summed E-state index contributed by atoms with van der Waals surface area (Å²) in [7, 11) is 1.57. The van der Waals surface area contributed by atoms with Crippen molar-refractivity contribution in [3.8, 4) is 11.5 Å². The summed E-state index contributed by atoms with van der Waals surface area (Å²) in [6, 6.07) is 19.1. The highest BCUT2D eigenvalue weighted by Gasteiger charge is 2.15. The van der Waals surface area contributed by atoms with Crippen LogP contribution in [-0.4, -0.2) is 24.8 Å². The molecule has 0 bridgehead atoms. The lowest BCUT2D eigenvalue weighted by atomic mass is 10.1. The summed E-state index contributed by atoms with van der Waals surface area (Å²) in [5, 5.41) is 11.5. The lowest BCUT2D eigenvalue weighted by Gasteiger charge is -2.14. The minimum Gasteiger partial charge on any atom is -0.493 e. The van der Waals surface area contributed by atoms with Crippen molar-refractivity contribution in [1.29, 1.82) is 0 Å². The predicted molar refractivity (Wildman–Crippen MR) is 108 cm³/mol. The highest BCUT2D eigenvalue weighted by Crippen LogP contribution is 2.34. The minimum atomic E-state index is -0.976. The van der Waals surface area contributed by atoms with Gasteiger partial charge in [-0.05, 0) is 29.2 Å². The summed E-state index contributed by atoms with van der Waals surface area (Å²) >= 11 is 1.39. The first-order chi connectivity index (χ1) is 13.2. The zero-order valence-electron chi connectivity index (χ0n) is 14.9. The van der Waals surface area contributed by atoms with Gasteiger partial charge < -0.3 is 14.6 Å². The number of carboxylic acids is 1. The number of rotatable bonds is 8. The molecule has 5 heteroatoms. The Hall–Kier alpha value is -3.05. The van der Waals surface area contributed by atoms with E-state index >= 15 is 0 Å². The first-order valence-corrected chi connectivity index (χ1v) is 9.39. The number of benzene rings is 2. The van der Waals surface area contributed by atoms with Crippen molar-refractivity contribution in [2.45, 2.75) is 6.42 Å². The first-order valence-electron chi connectivity index (χ1n) is 8.51. The molecular formula is C22H20O4S. The van der Waals surface area contributed by atoms with E-state index < -0.39 is 5.97 Å². The Bertz CT molecular complexity index is 915. The van der Waals surface area contributed by atoms with Gasteiger partial charge in [-0.15, -0.1) is 11.3 Å². The molecule has 1 aromatic heterocycles. The number of ether oxygens (including phenoxy) is 2. The number of para-hydroxylation sites is 1. The summed E-state index contributed by atoms with van der Waals surface area (Å²) in [5.41, 5.74) is 2.08. The highest BCUT2D eigenvalue weighted by atomic mass is 32.1. The second-order valence-electron chi connectivity index (χ2n) is 5.80. The summed E-state index contributed by atoms with van der Waals surface area (Å²) in [4.78, 5) is 12.4. The van der Waals surface area contributed by atoms with Crippen LogP contribution in [0.15, 0.2) is 66.0 Å². The van der Waals surface area contributed by atoms with Crippen molar-refractivity contribution in [2.24, 2.45) is 0 Å². The standard InChI is InChI=1S/C22H20O4S/c1-25-19-10-5-9-17(15-18(22(23)24)20-11-6-14-27-20)21(19)26-13-12-16-7-3-2-4-8-16/h2-11,14-15H,12-13H2,1H3,(H,23,24)/b18-15-. The van der Waals surface area contributed by atoms with Crippen LogP contribution in [0.3, 0.4) is 0 Å².